The molecular formula is C12H11BrN2O2. The number of hydrogen-bond donors (Lipinski definition) is 1. The van der Waals surface area contributed by atoms with E-state index in [1.807, 2.05) is 42.5 Å². The normalized spacial score (nSPS) is 14.2. The average molecular weight is 295 g/mol. The van der Waals surface area contributed by atoms with Gasteiger partial charge in [-0.25, -0.2) is 0 Å². The second-order valence-electron chi connectivity index (χ2n) is 3.67. The van der Waals surface area contributed by atoms with Gasteiger partial charge in [-0.3, -0.25) is 10.1 Å². The number of hydrogen-bond acceptors (Lipinski definition) is 2. The molecule has 1 heterocycles. The van der Waals surface area contributed by atoms with Gasteiger partial charge in [-0.2, -0.15) is 0 Å². The van der Waals surface area contributed by atoms with Crippen LogP contribution < -0.4 is 0 Å². The Morgan fingerprint density at radius 1 is 1.18 bits per heavy atom. The van der Waals surface area contributed by atoms with Crippen LogP contribution in [0.4, 0.5) is 0 Å². The van der Waals surface area contributed by atoms with Crippen LogP contribution in [0.5, 0.6) is 0 Å². The highest BCUT2D eigenvalue weighted by Gasteiger charge is 2.32. The summed E-state index contributed by atoms with van der Waals surface area (Å²) in [5, 5.41) is 11.0. The van der Waals surface area contributed by atoms with Crippen molar-refractivity contribution in [2.24, 2.45) is 0 Å². The molecule has 17 heavy (non-hydrogen) atoms. The summed E-state index contributed by atoms with van der Waals surface area (Å²) in [6, 6.07) is 13.1. The van der Waals surface area contributed by atoms with Gasteiger partial charge >= 0.3 is 0 Å². The molecule has 0 aliphatic heterocycles. The molecule has 2 rings (SSSR count). The fourth-order valence-corrected chi connectivity index (χ4v) is 2.40. The third-order valence-electron chi connectivity index (χ3n) is 2.59. The molecule has 2 unspecified atom stereocenters. The van der Waals surface area contributed by atoms with Gasteiger partial charge in [-0.1, -0.05) is 30.3 Å². The van der Waals surface area contributed by atoms with E-state index in [4.69, 9.17) is 0 Å². The van der Waals surface area contributed by atoms with Crippen molar-refractivity contribution in [3.8, 4) is 0 Å². The second kappa shape index (κ2) is 5.14. The second-order valence-corrected chi connectivity index (χ2v) is 4.61. The number of benzene rings is 1. The van der Waals surface area contributed by atoms with Gasteiger partial charge in [0.15, 0.2) is 0 Å². The third kappa shape index (κ3) is 2.55. The molecule has 1 aromatic heterocycles. The Balaban J connectivity index is 2.42. The van der Waals surface area contributed by atoms with Crippen molar-refractivity contribution < 1.29 is 4.92 Å². The van der Waals surface area contributed by atoms with Gasteiger partial charge in [-0.15, -0.1) is 0 Å². The highest BCUT2D eigenvalue weighted by atomic mass is 79.9. The number of halogens is 1. The van der Waals surface area contributed by atoms with E-state index in [0.717, 1.165) is 11.3 Å². The van der Waals surface area contributed by atoms with Gasteiger partial charge in [0.2, 0.25) is 0 Å². The van der Waals surface area contributed by atoms with Crippen molar-refractivity contribution in [1.82, 2.24) is 4.98 Å². The number of nitro groups is 1. The molecule has 4 nitrogen and oxygen atoms in total. The van der Waals surface area contributed by atoms with Gasteiger partial charge < -0.3 is 4.98 Å². The van der Waals surface area contributed by atoms with Crippen LogP contribution in [0.2, 0.25) is 0 Å². The zero-order chi connectivity index (χ0) is 12.3. The molecule has 2 aromatic rings. The van der Waals surface area contributed by atoms with Crippen LogP contribution in [0.15, 0.2) is 48.7 Å². The first-order valence-corrected chi connectivity index (χ1v) is 6.07. The summed E-state index contributed by atoms with van der Waals surface area (Å²) in [6.45, 7) is 0. The van der Waals surface area contributed by atoms with Crippen molar-refractivity contribution in [3.05, 3.63) is 70.0 Å². The van der Waals surface area contributed by atoms with Gasteiger partial charge in [-0.05, 0) is 33.6 Å². The largest absolute Gasteiger partial charge is 0.364 e. The maximum atomic E-state index is 11.0. The van der Waals surface area contributed by atoms with Gasteiger partial charge in [0.1, 0.15) is 5.92 Å². The monoisotopic (exact) mass is 294 g/mol. The number of nitrogens with one attached hydrogen (secondary N) is 1. The highest BCUT2D eigenvalue weighted by Crippen LogP contribution is 2.31. The highest BCUT2D eigenvalue weighted by molar-refractivity contribution is 9.09. The molecule has 1 N–H and O–H groups in total. The number of alkyl halides is 1. The summed E-state index contributed by atoms with van der Waals surface area (Å²) in [4.78, 5) is 12.8. The van der Waals surface area contributed by atoms with E-state index >= 15 is 0 Å². The molecule has 0 aliphatic carbocycles. The summed E-state index contributed by atoms with van der Waals surface area (Å²) in [5.74, 6) is -0.318. The molecule has 0 fully saturated rings. The van der Waals surface area contributed by atoms with Crippen LogP contribution in [0, 0.1) is 10.1 Å². The smallest absolute Gasteiger partial charge is 0.278 e. The van der Waals surface area contributed by atoms with E-state index < -0.39 is 4.95 Å². The molecule has 0 amide bonds. The maximum Gasteiger partial charge on any atom is 0.278 e. The Kier molecular flexibility index (Phi) is 3.58. The average Bonchev–Trinajstić information content (AvgIpc) is 2.84. The van der Waals surface area contributed by atoms with Crippen LogP contribution >= 0.6 is 15.9 Å². The van der Waals surface area contributed by atoms with Gasteiger partial charge in [0.05, 0.1) is 0 Å². The van der Waals surface area contributed by atoms with E-state index in [1.165, 1.54) is 0 Å². The van der Waals surface area contributed by atoms with E-state index in [2.05, 4.69) is 20.9 Å². The molecule has 0 radical (unpaired) electrons. The van der Waals surface area contributed by atoms with Crippen LogP contribution in [-0.2, 0) is 0 Å². The number of nitrogens with zero attached hydrogens (tertiary/aromatic N) is 1. The standard InChI is InChI=1S/C12H11BrN2O2/c13-12(15(16)17)11(10-7-4-8-14-10)9-5-2-1-3-6-9/h1-8,11-12,14H. The summed E-state index contributed by atoms with van der Waals surface area (Å²) in [6.07, 6.45) is 1.77. The Bertz CT molecular complexity index is 484. The third-order valence-corrected chi connectivity index (χ3v) is 3.46. The first-order chi connectivity index (χ1) is 8.20. The number of aromatic amines is 1. The molecule has 0 spiro atoms. The fourth-order valence-electron chi connectivity index (χ4n) is 1.81. The molecule has 2 atom stereocenters. The van der Waals surface area contributed by atoms with Gasteiger partial charge in [0, 0.05) is 16.8 Å². The minimum absolute atomic E-state index is 0.318. The number of H-pyrrole nitrogens is 1. The zero-order valence-corrected chi connectivity index (χ0v) is 10.5. The summed E-state index contributed by atoms with van der Waals surface area (Å²) >= 11 is 3.15. The summed E-state index contributed by atoms with van der Waals surface area (Å²) in [5.41, 5.74) is 1.74. The van der Waals surface area contributed by atoms with E-state index in [1.54, 1.807) is 6.20 Å². The predicted molar refractivity (Wildman–Crippen MR) is 68.8 cm³/mol. The predicted octanol–water partition coefficient (Wildman–Crippen LogP) is 3.14. The minimum atomic E-state index is -0.844. The summed E-state index contributed by atoms with van der Waals surface area (Å²) < 4.78 is 0. The quantitative estimate of drug-likeness (QED) is 0.408. The van der Waals surface area contributed by atoms with Crippen molar-refractivity contribution in [2.75, 3.05) is 0 Å². The van der Waals surface area contributed by atoms with Crippen LogP contribution in [0.1, 0.15) is 17.2 Å². The molecule has 0 saturated carbocycles. The number of rotatable bonds is 4. The zero-order valence-electron chi connectivity index (χ0n) is 8.92. The molecule has 0 aliphatic rings. The Hall–Kier alpha value is -1.62. The van der Waals surface area contributed by atoms with E-state index in [-0.39, 0.29) is 10.8 Å². The molecule has 1 aromatic carbocycles. The van der Waals surface area contributed by atoms with Crippen LogP contribution in [-0.4, -0.2) is 14.9 Å². The minimum Gasteiger partial charge on any atom is -0.364 e. The van der Waals surface area contributed by atoms with Crippen LogP contribution in [0.25, 0.3) is 0 Å². The van der Waals surface area contributed by atoms with E-state index in [9.17, 15) is 10.1 Å². The fraction of sp³-hybridized carbons (Fsp3) is 0.167. The van der Waals surface area contributed by atoms with Crippen molar-refractivity contribution >= 4 is 15.9 Å². The Labute approximate surface area is 107 Å². The molecule has 88 valence electrons. The van der Waals surface area contributed by atoms with Crippen molar-refractivity contribution in [2.45, 2.75) is 10.9 Å². The topological polar surface area (TPSA) is 58.9 Å². The number of aromatic nitrogens is 1. The first-order valence-electron chi connectivity index (χ1n) is 5.16. The van der Waals surface area contributed by atoms with E-state index in [0.29, 0.717) is 0 Å². The van der Waals surface area contributed by atoms with Gasteiger partial charge in [0.25, 0.3) is 4.95 Å². The lowest BCUT2D eigenvalue weighted by Crippen LogP contribution is -2.22. The molecule has 5 heteroatoms. The van der Waals surface area contributed by atoms with Crippen LogP contribution in [0.3, 0.4) is 0 Å². The summed E-state index contributed by atoms with van der Waals surface area (Å²) in [7, 11) is 0. The lowest BCUT2D eigenvalue weighted by Gasteiger charge is -2.16. The Morgan fingerprint density at radius 2 is 1.88 bits per heavy atom. The maximum absolute atomic E-state index is 11.0. The molecule has 0 saturated heterocycles. The first kappa shape index (κ1) is 11.9. The lowest BCUT2D eigenvalue weighted by atomic mass is 9.96. The van der Waals surface area contributed by atoms with Crippen molar-refractivity contribution in [3.63, 3.8) is 0 Å². The molecule has 0 bridgehead atoms. The molecular weight excluding hydrogens is 284 g/mol. The Morgan fingerprint density at radius 3 is 2.41 bits per heavy atom. The van der Waals surface area contributed by atoms with Crippen molar-refractivity contribution in [1.29, 1.82) is 0 Å². The SMILES string of the molecule is O=[N+]([O-])C(Br)C(c1ccccc1)c1ccc[nH]1. The lowest BCUT2D eigenvalue weighted by molar-refractivity contribution is -0.495.